The lowest BCUT2D eigenvalue weighted by Crippen LogP contribution is -2.33. The summed E-state index contributed by atoms with van der Waals surface area (Å²) in [6, 6.07) is 4.42. The monoisotopic (exact) mass is 234 g/mol. The summed E-state index contributed by atoms with van der Waals surface area (Å²) >= 11 is 0. The van der Waals surface area contributed by atoms with Gasteiger partial charge in [-0.25, -0.2) is 4.98 Å². The highest BCUT2D eigenvalue weighted by Gasteiger charge is 2.25. The molecule has 1 aliphatic heterocycles. The lowest BCUT2D eigenvalue weighted by atomic mass is 9.86. The van der Waals surface area contributed by atoms with E-state index in [0.29, 0.717) is 24.2 Å². The first-order chi connectivity index (χ1) is 8.20. The highest BCUT2D eigenvalue weighted by atomic mass is 16.4. The molecule has 0 aliphatic carbocycles. The van der Waals surface area contributed by atoms with Crippen LogP contribution in [0, 0.1) is 5.92 Å². The normalized spacial score (nSPS) is 23.9. The maximum atomic E-state index is 8.53. The Morgan fingerprint density at radius 2 is 2.53 bits per heavy atom. The van der Waals surface area contributed by atoms with Gasteiger partial charge in [0.05, 0.1) is 0 Å². The molecule has 0 bridgehead atoms. The molecule has 1 aromatic heterocycles. The van der Waals surface area contributed by atoms with E-state index in [2.05, 4.69) is 28.4 Å². The van der Waals surface area contributed by atoms with Crippen molar-refractivity contribution < 1.29 is 5.21 Å². The van der Waals surface area contributed by atoms with Crippen molar-refractivity contribution >= 4 is 11.7 Å². The molecular weight excluding hydrogens is 216 g/mol. The van der Waals surface area contributed by atoms with Crippen LogP contribution in [0.15, 0.2) is 23.5 Å². The van der Waals surface area contributed by atoms with Gasteiger partial charge in [0.25, 0.3) is 0 Å². The Morgan fingerprint density at radius 3 is 3.29 bits per heavy atom. The number of nitrogens with two attached hydrogens (primary N) is 1. The predicted octanol–water partition coefficient (Wildman–Crippen LogP) is 1.58. The number of anilines is 1. The van der Waals surface area contributed by atoms with Crippen molar-refractivity contribution in [2.75, 3.05) is 5.32 Å². The van der Waals surface area contributed by atoms with E-state index in [0.717, 1.165) is 18.7 Å². The molecule has 17 heavy (non-hydrogen) atoms. The minimum absolute atomic E-state index is 0.300. The van der Waals surface area contributed by atoms with Gasteiger partial charge in [-0.3, -0.25) is 0 Å². The molecule has 5 heteroatoms. The highest BCUT2D eigenvalue weighted by Crippen LogP contribution is 2.28. The third-order valence-electron chi connectivity index (χ3n) is 3.34. The largest absolute Gasteiger partial charge is 0.409 e. The number of oxime groups is 1. The molecule has 0 radical (unpaired) electrons. The van der Waals surface area contributed by atoms with Crippen LogP contribution in [-0.4, -0.2) is 22.1 Å². The van der Waals surface area contributed by atoms with Crippen LogP contribution in [0.3, 0.4) is 0 Å². The van der Waals surface area contributed by atoms with Gasteiger partial charge in [0, 0.05) is 18.7 Å². The summed E-state index contributed by atoms with van der Waals surface area (Å²) in [7, 11) is 0. The van der Waals surface area contributed by atoms with Crippen LogP contribution in [0.4, 0.5) is 5.82 Å². The Balaban J connectivity index is 2.02. The second-order valence-corrected chi connectivity index (χ2v) is 4.54. The number of rotatable bonds is 3. The third kappa shape index (κ3) is 2.67. The van der Waals surface area contributed by atoms with E-state index in [-0.39, 0.29) is 0 Å². The molecule has 0 aromatic carbocycles. The fraction of sp³-hybridized carbons (Fsp3) is 0.500. The van der Waals surface area contributed by atoms with Gasteiger partial charge in [-0.05, 0) is 37.3 Å². The van der Waals surface area contributed by atoms with E-state index < -0.39 is 0 Å². The lowest BCUT2D eigenvalue weighted by Gasteiger charge is -2.31. The van der Waals surface area contributed by atoms with Crippen molar-refractivity contribution in [1.29, 1.82) is 0 Å². The maximum Gasteiger partial charge on any atom is 0.139 e. The molecule has 0 amide bonds. The van der Waals surface area contributed by atoms with Crippen LogP contribution in [0.5, 0.6) is 0 Å². The average molecular weight is 234 g/mol. The van der Waals surface area contributed by atoms with Crippen LogP contribution in [0.2, 0.25) is 0 Å². The van der Waals surface area contributed by atoms with E-state index >= 15 is 0 Å². The van der Waals surface area contributed by atoms with Crippen molar-refractivity contribution in [3.63, 3.8) is 0 Å². The summed E-state index contributed by atoms with van der Waals surface area (Å²) in [5, 5.41) is 14.9. The summed E-state index contributed by atoms with van der Waals surface area (Å²) in [5.74, 6) is 1.78. The fourth-order valence-electron chi connectivity index (χ4n) is 2.26. The number of fused-ring (bicyclic) bond motifs is 1. The molecule has 0 saturated heterocycles. The molecule has 1 aromatic rings. The molecule has 0 spiro atoms. The third-order valence-corrected chi connectivity index (χ3v) is 3.34. The second kappa shape index (κ2) is 5.03. The van der Waals surface area contributed by atoms with Crippen LogP contribution in [-0.2, 0) is 6.42 Å². The SMILES string of the molecule is CC1Nc2ncccc2CC1CCC(N)=NO. The number of pyridine rings is 1. The smallest absolute Gasteiger partial charge is 0.139 e. The van der Waals surface area contributed by atoms with Crippen molar-refractivity contribution in [3.8, 4) is 0 Å². The topological polar surface area (TPSA) is 83.5 Å². The molecule has 2 rings (SSSR count). The average Bonchev–Trinajstić information content (AvgIpc) is 2.35. The minimum atomic E-state index is 0.300. The Hall–Kier alpha value is -1.78. The molecule has 0 saturated carbocycles. The summed E-state index contributed by atoms with van der Waals surface area (Å²) in [6.07, 6.45) is 4.34. The molecule has 5 nitrogen and oxygen atoms in total. The summed E-state index contributed by atoms with van der Waals surface area (Å²) in [6.45, 7) is 2.15. The van der Waals surface area contributed by atoms with E-state index in [9.17, 15) is 0 Å². The summed E-state index contributed by atoms with van der Waals surface area (Å²) < 4.78 is 0. The Labute approximate surface area is 101 Å². The standard InChI is InChI=1S/C12H18N4O/c1-8-9(4-5-11(13)16-17)7-10-3-2-6-14-12(10)15-8/h2-3,6,8-9,17H,4-5,7H2,1H3,(H2,13,16)(H,14,15). The van der Waals surface area contributed by atoms with Gasteiger partial charge in [-0.1, -0.05) is 11.2 Å². The zero-order chi connectivity index (χ0) is 12.3. The Kier molecular flexibility index (Phi) is 3.46. The number of hydrogen-bond acceptors (Lipinski definition) is 4. The molecule has 1 aliphatic rings. The maximum absolute atomic E-state index is 8.53. The first-order valence-electron chi connectivity index (χ1n) is 5.87. The zero-order valence-corrected chi connectivity index (χ0v) is 9.93. The van der Waals surface area contributed by atoms with E-state index in [1.807, 2.05) is 6.07 Å². The molecule has 2 unspecified atom stereocenters. The van der Waals surface area contributed by atoms with Crippen molar-refractivity contribution in [2.45, 2.75) is 32.2 Å². The number of nitrogens with zero attached hydrogens (tertiary/aromatic N) is 2. The van der Waals surface area contributed by atoms with Gasteiger partial charge in [0.15, 0.2) is 0 Å². The van der Waals surface area contributed by atoms with Gasteiger partial charge in [0.1, 0.15) is 11.7 Å². The van der Waals surface area contributed by atoms with Crippen LogP contribution >= 0.6 is 0 Å². The molecule has 2 atom stereocenters. The quantitative estimate of drug-likeness (QED) is 0.321. The second-order valence-electron chi connectivity index (χ2n) is 4.54. The van der Waals surface area contributed by atoms with Crippen molar-refractivity contribution in [1.82, 2.24) is 4.98 Å². The Bertz CT molecular complexity index is 419. The zero-order valence-electron chi connectivity index (χ0n) is 9.93. The molecule has 4 N–H and O–H groups in total. The van der Waals surface area contributed by atoms with Crippen LogP contribution in [0.25, 0.3) is 0 Å². The molecule has 0 fully saturated rings. The highest BCUT2D eigenvalue weighted by molar-refractivity contribution is 5.79. The van der Waals surface area contributed by atoms with Crippen molar-refractivity contribution in [2.24, 2.45) is 16.8 Å². The Morgan fingerprint density at radius 1 is 1.71 bits per heavy atom. The number of amidine groups is 1. The number of nitrogens with one attached hydrogen (secondary N) is 1. The fourth-order valence-corrected chi connectivity index (χ4v) is 2.26. The first-order valence-corrected chi connectivity index (χ1v) is 5.87. The molecule has 92 valence electrons. The molecular formula is C12H18N4O. The summed E-state index contributed by atoms with van der Waals surface area (Å²) in [4.78, 5) is 4.32. The number of hydrogen-bond donors (Lipinski definition) is 3. The van der Waals surface area contributed by atoms with Gasteiger partial charge < -0.3 is 16.3 Å². The molecule has 2 heterocycles. The van der Waals surface area contributed by atoms with Gasteiger partial charge >= 0.3 is 0 Å². The van der Waals surface area contributed by atoms with Gasteiger partial charge in [-0.15, -0.1) is 0 Å². The van der Waals surface area contributed by atoms with E-state index in [1.165, 1.54) is 5.56 Å². The predicted molar refractivity (Wildman–Crippen MR) is 67.2 cm³/mol. The summed E-state index contributed by atoms with van der Waals surface area (Å²) in [5.41, 5.74) is 6.74. The van der Waals surface area contributed by atoms with Gasteiger partial charge in [-0.2, -0.15) is 0 Å². The van der Waals surface area contributed by atoms with E-state index in [4.69, 9.17) is 10.9 Å². The van der Waals surface area contributed by atoms with Crippen LogP contribution in [0.1, 0.15) is 25.3 Å². The first kappa shape index (κ1) is 11.7. The van der Waals surface area contributed by atoms with Crippen LogP contribution < -0.4 is 11.1 Å². The number of aromatic nitrogens is 1. The van der Waals surface area contributed by atoms with Crippen molar-refractivity contribution in [3.05, 3.63) is 23.9 Å². The lowest BCUT2D eigenvalue weighted by molar-refractivity contribution is 0.315. The van der Waals surface area contributed by atoms with E-state index in [1.54, 1.807) is 6.20 Å². The minimum Gasteiger partial charge on any atom is -0.409 e. The van der Waals surface area contributed by atoms with Gasteiger partial charge in [0.2, 0.25) is 0 Å².